The van der Waals surface area contributed by atoms with Gasteiger partial charge in [0.15, 0.2) is 11.5 Å². The third-order valence-electron chi connectivity index (χ3n) is 5.36. The Kier molecular flexibility index (Phi) is 5.16. The zero-order valence-electron chi connectivity index (χ0n) is 16.2. The number of aryl methyl sites for hydroxylation is 3. The highest BCUT2D eigenvalue weighted by Crippen LogP contribution is 2.25. The van der Waals surface area contributed by atoms with Crippen LogP contribution in [0.2, 0.25) is 0 Å². The normalized spacial score (nSPS) is 12.6. The maximum Gasteiger partial charge on any atom is 0.305 e. The van der Waals surface area contributed by atoms with E-state index in [1.54, 1.807) is 13.0 Å². The minimum atomic E-state index is -0.531. The van der Waals surface area contributed by atoms with Gasteiger partial charge in [-0.25, -0.2) is 0 Å². The zero-order valence-corrected chi connectivity index (χ0v) is 16.2. The standard InChI is InChI=1S/C23H22N2O4/c1-14-18-7-2-3-8-20(18)29-22(14)23(28)25-24-21(27)12-11-19(26)17-10-9-15-5-4-6-16(15)13-17/h2-3,7-10,13H,4-6,11-12H2,1H3,(H,24,27)(H,25,28). The Hall–Kier alpha value is -3.41. The first kappa shape index (κ1) is 18.9. The fraction of sp³-hybridized carbons (Fsp3) is 0.261. The predicted octanol–water partition coefficient (Wildman–Crippen LogP) is 3.65. The van der Waals surface area contributed by atoms with Gasteiger partial charge in [-0.15, -0.1) is 0 Å². The first-order valence-electron chi connectivity index (χ1n) is 9.75. The lowest BCUT2D eigenvalue weighted by atomic mass is 10.0. The van der Waals surface area contributed by atoms with Gasteiger partial charge in [0.2, 0.25) is 5.91 Å². The highest BCUT2D eigenvalue weighted by Gasteiger charge is 2.18. The molecule has 0 atom stereocenters. The number of carbonyl (C=O) groups excluding carboxylic acids is 3. The topological polar surface area (TPSA) is 88.4 Å². The second kappa shape index (κ2) is 7.91. The van der Waals surface area contributed by atoms with Gasteiger partial charge >= 0.3 is 5.91 Å². The number of ketones is 1. The molecule has 1 aromatic heterocycles. The maximum absolute atomic E-state index is 12.4. The van der Waals surface area contributed by atoms with Crippen molar-refractivity contribution in [1.29, 1.82) is 0 Å². The summed E-state index contributed by atoms with van der Waals surface area (Å²) in [6.45, 7) is 1.79. The van der Waals surface area contributed by atoms with Crippen molar-refractivity contribution in [2.75, 3.05) is 0 Å². The van der Waals surface area contributed by atoms with Gasteiger partial charge in [0.25, 0.3) is 0 Å². The number of furan rings is 1. The third kappa shape index (κ3) is 3.92. The Morgan fingerprint density at radius 1 is 0.966 bits per heavy atom. The molecule has 0 spiro atoms. The molecule has 0 fully saturated rings. The molecule has 6 heteroatoms. The Balaban J connectivity index is 1.30. The molecule has 2 N–H and O–H groups in total. The quantitative estimate of drug-likeness (QED) is 0.514. The summed E-state index contributed by atoms with van der Waals surface area (Å²) < 4.78 is 5.57. The van der Waals surface area contributed by atoms with Crippen molar-refractivity contribution in [3.63, 3.8) is 0 Å². The molecule has 1 aliphatic carbocycles. The van der Waals surface area contributed by atoms with E-state index < -0.39 is 11.8 Å². The molecule has 1 aliphatic rings. The summed E-state index contributed by atoms with van der Waals surface area (Å²) in [5, 5.41) is 0.851. The van der Waals surface area contributed by atoms with E-state index in [1.165, 1.54) is 11.1 Å². The second-order valence-corrected chi connectivity index (χ2v) is 7.31. The number of carbonyl (C=O) groups is 3. The number of fused-ring (bicyclic) bond motifs is 2. The molecule has 29 heavy (non-hydrogen) atoms. The molecule has 3 aromatic rings. The summed E-state index contributed by atoms with van der Waals surface area (Å²) in [5.74, 6) is -0.881. The molecule has 2 amide bonds. The Bertz CT molecular complexity index is 1110. The van der Waals surface area contributed by atoms with Gasteiger partial charge in [0.05, 0.1) is 0 Å². The fourth-order valence-corrected chi connectivity index (χ4v) is 3.75. The molecule has 0 bridgehead atoms. The lowest BCUT2D eigenvalue weighted by Crippen LogP contribution is -2.41. The average Bonchev–Trinajstić information content (AvgIpc) is 3.34. The van der Waals surface area contributed by atoms with Crippen molar-refractivity contribution < 1.29 is 18.8 Å². The van der Waals surface area contributed by atoms with Gasteiger partial charge in [-0.05, 0) is 49.4 Å². The van der Waals surface area contributed by atoms with Crippen molar-refractivity contribution in [3.05, 3.63) is 70.5 Å². The molecule has 0 saturated carbocycles. The van der Waals surface area contributed by atoms with Crippen LogP contribution in [-0.4, -0.2) is 17.6 Å². The summed E-state index contributed by atoms with van der Waals surface area (Å²) in [7, 11) is 0. The van der Waals surface area contributed by atoms with Crippen molar-refractivity contribution in [2.45, 2.75) is 39.0 Å². The molecule has 0 unspecified atom stereocenters. The number of rotatable bonds is 5. The van der Waals surface area contributed by atoms with Gasteiger partial charge in [-0.3, -0.25) is 25.2 Å². The predicted molar refractivity (Wildman–Crippen MR) is 109 cm³/mol. The summed E-state index contributed by atoms with van der Waals surface area (Å²) >= 11 is 0. The van der Waals surface area contributed by atoms with Crippen molar-refractivity contribution in [3.8, 4) is 0 Å². The van der Waals surface area contributed by atoms with Crippen LogP contribution in [0, 0.1) is 6.92 Å². The molecule has 4 rings (SSSR count). The number of Topliss-reactive ketones (excluding diaryl/α,β-unsaturated/α-hetero) is 1. The molecule has 6 nitrogen and oxygen atoms in total. The molecular formula is C23H22N2O4. The SMILES string of the molecule is Cc1c(C(=O)NNC(=O)CCC(=O)c2ccc3c(c2)CCC3)oc2ccccc12. The van der Waals surface area contributed by atoms with Crippen LogP contribution < -0.4 is 10.9 Å². The molecule has 0 aliphatic heterocycles. The molecule has 148 valence electrons. The molecule has 0 radical (unpaired) electrons. The van der Waals surface area contributed by atoms with Crippen LogP contribution in [0.5, 0.6) is 0 Å². The highest BCUT2D eigenvalue weighted by molar-refractivity contribution is 6.00. The van der Waals surface area contributed by atoms with E-state index >= 15 is 0 Å². The monoisotopic (exact) mass is 390 g/mol. The van der Waals surface area contributed by atoms with Gasteiger partial charge in [-0.1, -0.05) is 30.3 Å². The summed E-state index contributed by atoms with van der Waals surface area (Å²) in [4.78, 5) is 36.7. The second-order valence-electron chi connectivity index (χ2n) is 7.31. The van der Waals surface area contributed by atoms with Crippen molar-refractivity contribution in [1.82, 2.24) is 10.9 Å². The summed E-state index contributed by atoms with van der Waals surface area (Å²) in [6.07, 6.45) is 3.28. The average molecular weight is 390 g/mol. The van der Waals surface area contributed by atoms with E-state index in [0.29, 0.717) is 16.7 Å². The maximum atomic E-state index is 12.4. The number of hydrazine groups is 1. The number of hydrogen-bond donors (Lipinski definition) is 2. The van der Waals surface area contributed by atoms with Crippen LogP contribution in [0.25, 0.3) is 11.0 Å². The van der Waals surface area contributed by atoms with Gasteiger partial charge < -0.3 is 4.42 Å². The van der Waals surface area contributed by atoms with Crippen LogP contribution in [0.3, 0.4) is 0 Å². The van der Waals surface area contributed by atoms with Crippen LogP contribution in [0.4, 0.5) is 0 Å². The van der Waals surface area contributed by atoms with Crippen molar-refractivity contribution in [2.24, 2.45) is 0 Å². The number of para-hydroxylation sites is 1. The lowest BCUT2D eigenvalue weighted by molar-refractivity contribution is -0.121. The first-order valence-corrected chi connectivity index (χ1v) is 9.75. The first-order chi connectivity index (χ1) is 14.0. The molecule has 2 aromatic carbocycles. The van der Waals surface area contributed by atoms with E-state index in [4.69, 9.17) is 4.42 Å². The number of nitrogens with one attached hydrogen (secondary N) is 2. The largest absolute Gasteiger partial charge is 0.451 e. The smallest absolute Gasteiger partial charge is 0.305 e. The molecule has 0 saturated heterocycles. The number of hydrogen-bond acceptors (Lipinski definition) is 4. The summed E-state index contributed by atoms with van der Waals surface area (Å²) in [6, 6.07) is 13.1. The Morgan fingerprint density at radius 2 is 1.76 bits per heavy atom. The van der Waals surface area contributed by atoms with E-state index in [1.807, 2.05) is 36.4 Å². The molecular weight excluding hydrogens is 368 g/mol. The Morgan fingerprint density at radius 3 is 2.59 bits per heavy atom. The highest BCUT2D eigenvalue weighted by atomic mass is 16.3. The van der Waals surface area contributed by atoms with E-state index in [2.05, 4.69) is 10.9 Å². The minimum absolute atomic E-state index is 0.00465. The van der Waals surface area contributed by atoms with Gasteiger partial charge in [-0.2, -0.15) is 0 Å². The zero-order chi connectivity index (χ0) is 20.4. The van der Waals surface area contributed by atoms with E-state index in [9.17, 15) is 14.4 Å². The van der Waals surface area contributed by atoms with Gasteiger partial charge in [0, 0.05) is 29.4 Å². The van der Waals surface area contributed by atoms with Gasteiger partial charge in [0.1, 0.15) is 5.58 Å². The van der Waals surface area contributed by atoms with E-state index in [0.717, 1.165) is 24.6 Å². The molecule has 1 heterocycles. The van der Waals surface area contributed by atoms with Crippen LogP contribution in [-0.2, 0) is 17.6 Å². The van der Waals surface area contributed by atoms with Crippen LogP contribution in [0.15, 0.2) is 46.9 Å². The number of benzene rings is 2. The van der Waals surface area contributed by atoms with Crippen molar-refractivity contribution >= 4 is 28.6 Å². The fourth-order valence-electron chi connectivity index (χ4n) is 3.75. The van der Waals surface area contributed by atoms with Crippen LogP contribution in [0.1, 0.15) is 56.9 Å². The summed E-state index contributed by atoms with van der Waals surface area (Å²) in [5.41, 5.74) is 9.20. The number of amides is 2. The minimum Gasteiger partial charge on any atom is -0.451 e. The van der Waals surface area contributed by atoms with Crippen LogP contribution >= 0.6 is 0 Å². The lowest BCUT2D eigenvalue weighted by Gasteiger charge is -2.07. The Labute approximate surface area is 168 Å². The van der Waals surface area contributed by atoms with E-state index in [-0.39, 0.29) is 24.4 Å². The third-order valence-corrected chi connectivity index (χ3v) is 5.36.